The number of hydrogen-bond donors (Lipinski definition) is 7. The van der Waals surface area contributed by atoms with E-state index in [4.69, 9.17) is 11.5 Å². The summed E-state index contributed by atoms with van der Waals surface area (Å²) in [5.74, 6) is -3.59. The Morgan fingerprint density at radius 3 is 1.95 bits per heavy atom. The molecule has 1 aromatic carbocycles. The molecule has 5 atom stereocenters. The number of nitrogens with one attached hydrogen (secondary N) is 3. The molecule has 0 aliphatic rings. The van der Waals surface area contributed by atoms with Crippen LogP contribution in [0.1, 0.15) is 45.1 Å². The Kier molecular flexibility index (Phi) is 14.2. The number of carboxylic acids is 1. The second-order valence-corrected chi connectivity index (χ2v) is 10.1. The number of rotatable bonds is 17. The third-order valence-corrected chi connectivity index (χ3v) is 6.75. The molecule has 13 heteroatoms. The van der Waals surface area contributed by atoms with E-state index in [9.17, 15) is 34.2 Å². The van der Waals surface area contributed by atoms with E-state index in [2.05, 4.69) is 16.0 Å². The predicted octanol–water partition coefficient (Wildman–Crippen LogP) is -0.134. The first-order valence-electron chi connectivity index (χ1n) is 12.3. The molecule has 1 rings (SSSR count). The van der Waals surface area contributed by atoms with Gasteiger partial charge in [-0.1, -0.05) is 32.4 Å². The van der Waals surface area contributed by atoms with Crippen LogP contribution in [-0.2, 0) is 30.4 Å². The molecular formula is C25H39N5O7S. The SMILES string of the molecule is CCC(C)C(N)C(=O)NC(CCSC)C(=O)NC(CCC(N)=O)C(=O)NC(Cc1ccc(O)cc1)C(=O)O. The zero-order valence-electron chi connectivity index (χ0n) is 21.9. The summed E-state index contributed by atoms with van der Waals surface area (Å²) in [4.78, 5) is 62.0. The highest BCUT2D eigenvalue weighted by molar-refractivity contribution is 7.98. The number of carbonyl (C=O) groups excluding carboxylic acids is 4. The van der Waals surface area contributed by atoms with Gasteiger partial charge in [-0.3, -0.25) is 19.2 Å². The number of carbonyl (C=O) groups is 5. The zero-order chi connectivity index (χ0) is 28.8. The molecule has 4 amide bonds. The van der Waals surface area contributed by atoms with Crippen LogP contribution in [0.5, 0.6) is 5.75 Å². The molecule has 0 aliphatic carbocycles. The van der Waals surface area contributed by atoms with Crippen LogP contribution in [0.15, 0.2) is 24.3 Å². The van der Waals surface area contributed by atoms with E-state index in [-0.39, 0.29) is 37.4 Å². The quantitative estimate of drug-likeness (QED) is 0.137. The van der Waals surface area contributed by atoms with Crippen molar-refractivity contribution in [1.29, 1.82) is 0 Å². The van der Waals surface area contributed by atoms with Crippen molar-refractivity contribution >= 4 is 41.4 Å². The summed E-state index contributed by atoms with van der Waals surface area (Å²) >= 11 is 1.46. The Morgan fingerprint density at radius 1 is 0.921 bits per heavy atom. The number of primary amides is 1. The molecule has 0 radical (unpaired) electrons. The molecule has 9 N–H and O–H groups in total. The first-order chi connectivity index (χ1) is 17.9. The van der Waals surface area contributed by atoms with Gasteiger partial charge in [0.15, 0.2) is 0 Å². The third kappa shape index (κ3) is 11.4. The minimum atomic E-state index is -1.35. The number of phenols is 1. The van der Waals surface area contributed by atoms with Crippen molar-refractivity contribution in [1.82, 2.24) is 16.0 Å². The second kappa shape index (κ2) is 16.5. The van der Waals surface area contributed by atoms with Crippen LogP contribution in [0.4, 0.5) is 0 Å². The lowest BCUT2D eigenvalue weighted by Gasteiger charge is -2.26. The Morgan fingerprint density at radius 2 is 1.45 bits per heavy atom. The first kappa shape index (κ1) is 32.7. The molecule has 0 aliphatic heterocycles. The van der Waals surface area contributed by atoms with E-state index in [1.807, 2.05) is 20.1 Å². The summed E-state index contributed by atoms with van der Waals surface area (Å²) < 4.78 is 0. The lowest BCUT2D eigenvalue weighted by molar-refractivity contribution is -0.142. The molecule has 0 saturated carbocycles. The van der Waals surface area contributed by atoms with E-state index < -0.39 is 53.8 Å². The largest absolute Gasteiger partial charge is 0.508 e. The highest BCUT2D eigenvalue weighted by Gasteiger charge is 2.31. The van der Waals surface area contributed by atoms with Crippen LogP contribution >= 0.6 is 11.8 Å². The van der Waals surface area contributed by atoms with Crippen molar-refractivity contribution < 1.29 is 34.2 Å². The van der Waals surface area contributed by atoms with Gasteiger partial charge in [-0.2, -0.15) is 11.8 Å². The number of hydrogen-bond acceptors (Lipinski definition) is 8. The molecule has 1 aromatic rings. The summed E-state index contributed by atoms with van der Waals surface area (Å²) in [6.07, 6.45) is 2.26. The van der Waals surface area contributed by atoms with Crippen molar-refractivity contribution in [2.45, 2.75) is 70.1 Å². The van der Waals surface area contributed by atoms with E-state index >= 15 is 0 Å². The van der Waals surface area contributed by atoms with Gasteiger partial charge in [0, 0.05) is 12.8 Å². The second-order valence-electron chi connectivity index (χ2n) is 9.09. The molecule has 0 fully saturated rings. The monoisotopic (exact) mass is 553 g/mol. The molecule has 38 heavy (non-hydrogen) atoms. The molecule has 0 saturated heterocycles. The third-order valence-electron chi connectivity index (χ3n) is 6.11. The first-order valence-corrected chi connectivity index (χ1v) is 13.7. The Labute approximate surface area is 226 Å². The van der Waals surface area contributed by atoms with Gasteiger partial charge in [-0.25, -0.2) is 4.79 Å². The number of carboxylic acid groups (broad SMARTS) is 1. The minimum Gasteiger partial charge on any atom is -0.508 e. The van der Waals surface area contributed by atoms with Gasteiger partial charge in [0.25, 0.3) is 0 Å². The molecule has 0 heterocycles. The fourth-order valence-corrected chi connectivity index (χ4v) is 3.92. The molecule has 0 spiro atoms. The standard InChI is InChI=1S/C25H39N5O7S/c1-4-14(2)21(27)24(35)29-18(11-12-38-3)23(34)28-17(9-10-20(26)32)22(33)30-19(25(36)37)13-15-5-7-16(31)8-6-15/h5-8,14,17-19,21,31H,4,9-13,27H2,1-3H3,(H2,26,32)(H,28,34)(H,29,35)(H,30,33)(H,36,37). The smallest absolute Gasteiger partial charge is 0.326 e. The van der Waals surface area contributed by atoms with Gasteiger partial charge in [0.2, 0.25) is 23.6 Å². The normalized spacial score (nSPS) is 14.8. The molecule has 5 unspecified atom stereocenters. The lowest BCUT2D eigenvalue weighted by atomic mass is 9.99. The molecule has 12 nitrogen and oxygen atoms in total. The summed E-state index contributed by atoms with van der Waals surface area (Å²) in [5.41, 5.74) is 11.8. The Balaban J connectivity index is 3.05. The highest BCUT2D eigenvalue weighted by Crippen LogP contribution is 2.12. The van der Waals surface area contributed by atoms with Crippen LogP contribution in [0, 0.1) is 5.92 Å². The number of aromatic hydroxyl groups is 1. The van der Waals surface area contributed by atoms with Gasteiger partial charge >= 0.3 is 5.97 Å². The van der Waals surface area contributed by atoms with Crippen molar-refractivity contribution in [3.8, 4) is 5.75 Å². The van der Waals surface area contributed by atoms with E-state index in [1.54, 1.807) is 0 Å². The van der Waals surface area contributed by atoms with Gasteiger partial charge < -0.3 is 37.6 Å². The maximum atomic E-state index is 13.1. The fraction of sp³-hybridized carbons (Fsp3) is 0.560. The van der Waals surface area contributed by atoms with Gasteiger partial charge in [0.05, 0.1) is 6.04 Å². The van der Waals surface area contributed by atoms with Crippen molar-refractivity contribution in [2.75, 3.05) is 12.0 Å². The summed E-state index contributed by atoms with van der Waals surface area (Å²) in [5, 5.41) is 26.6. The van der Waals surface area contributed by atoms with Crippen LogP contribution in [0.2, 0.25) is 0 Å². The van der Waals surface area contributed by atoms with Crippen molar-refractivity contribution in [3.63, 3.8) is 0 Å². The number of nitrogens with two attached hydrogens (primary N) is 2. The maximum absolute atomic E-state index is 13.1. The topological polar surface area (TPSA) is 214 Å². The predicted molar refractivity (Wildman–Crippen MR) is 144 cm³/mol. The van der Waals surface area contributed by atoms with Crippen molar-refractivity contribution in [2.24, 2.45) is 17.4 Å². The van der Waals surface area contributed by atoms with Crippen LogP contribution < -0.4 is 27.4 Å². The number of thioether (sulfide) groups is 1. The van der Waals surface area contributed by atoms with E-state index in [1.165, 1.54) is 36.0 Å². The zero-order valence-corrected chi connectivity index (χ0v) is 22.8. The highest BCUT2D eigenvalue weighted by atomic mass is 32.2. The Hall–Kier alpha value is -3.32. The summed E-state index contributed by atoms with van der Waals surface area (Å²) in [6, 6.07) is 1.37. The van der Waals surface area contributed by atoms with Crippen LogP contribution in [0.25, 0.3) is 0 Å². The molecule has 0 bridgehead atoms. The van der Waals surface area contributed by atoms with Gasteiger partial charge in [-0.05, 0) is 48.5 Å². The van der Waals surface area contributed by atoms with E-state index in [0.717, 1.165) is 0 Å². The average Bonchev–Trinajstić information content (AvgIpc) is 2.88. The number of phenolic OH excluding ortho intramolecular Hbond substituents is 1. The lowest BCUT2D eigenvalue weighted by Crippen LogP contribution is -2.58. The summed E-state index contributed by atoms with van der Waals surface area (Å²) in [6.45, 7) is 3.71. The Bertz CT molecular complexity index is 960. The fourth-order valence-electron chi connectivity index (χ4n) is 3.45. The van der Waals surface area contributed by atoms with Gasteiger partial charge in [0.1, 0.15) is 23.9 Å². The molecule has 0 aromatic heterocycles. The minimum absolute atomic E-state index is 0.00659. The van der Waals surface area contributed by atoms with Crippen molar-refractivity contribution in [3.05, 3.63) is 29.8 Å². The van der Waals surface area contributed by atoms with Crippen LogP contribution in [0.3, 0.4) is 0 Å². The summed E-state index contributed by atoms with van der Waals surface area (Å²) in [7, 11) is 0. The van der Waals surface area contributed by atoms with Crippen LogP contribution in [-0.4, -0.2) is 76.0 Å². The molecule has 212 valence electrons. The molecular weight excluding hydrogens is 514 g/mol. The number of aliphatic carboxylic acids is 1. The maximum Gasteiger partial charge on any atom is 0.326 e. The number of amides is 4. The number of benzene rings is 1. The van der Waals surface area contributed by atoms with Gasteiger partial charge in [-0.15, -0.1) is 0 Å². The average molecular weight is 554 g/mol. The van der Waals surface area contributed by atoms with E-state index in [0.29, 0.717) is 17.7 Å².